The van der Waals surface area contributed by atoms with Gasteiger partial charge in [0.1, 0.15) is 5.75 Å². The van der Waals surface area contributed by atoms with E-state index in [0.717, 1.165) is 34.1 Å². The molecule has 1 saturated heterocycles. The molecular formula is C32H34N2O5. The van der Waals surface area contributed by atoms with Crippen molar-refractivity contribution in [2.75, 3.05) is 26.3 Å². The Hall–Kier alpha value is -3.94. The summed E-state index contributed by atoms with van der Waals surface area (Å²) < 4.78 is 18.0. The van der Waals surface area contributed by atoms with Crippen LogP contribution in [0.4, 0.5) is 4.79 Å². The first-order valence-electron chi connectivity index (χ1n) is 13.4. The fourth-order valence-electron chi connectivity index (χ4n) is 4.99. The predicted molar refractivity (Wildman–Crippen MR) is 150 cm³/mol. The van der Waals surface area contributed by atoms with Crippen molar-refractivity contribution in [3.63, 3.8) is 0 Å². The first-order valence-corrected chi connectivity index (χ1v) is 13.4. The van der Waals surface area contributed by atoms with E-state index in [1.807, 2.05) is 54.7 Å². The minimum Gasteiger partial charge on any atom is -0.494 e. The number of ether oxygens (including phenoxy) is 3. The first-order chi connectivity index (χ1) is 19.2. The van der Waals surface area contributed by atoms with E-state index in [1.165, 1.54) is 10.5 Å². The van der Waals surface area contributed by atoms with Crippen molar-refractivity contribution in [2.24, 2.45) is 0 Å². The monoisotopic (exact) mass is 526 g/mol. The Kier molecular flexibility index (Phi) is 9.04. The molecule has 0 aliphatic carbocycles. The molecule has 1 aliphatic rings. The zero-order chi connectivity index (χ0) is 26.9. The fraction of sp³-hybridized carbons (Fsp3) is 0.312. The lowest BCUT2D eigenvalue weighted by Gasteiger charge is -2.37. The molecular weight excluding hydrogens is 492 g/mol. The van der Waals surface area contributed by atoms with Gasteiger partial charge in [0.15, 0.2) is 0 Å². The van der Waals surface area contributed by atoms with E-state index in [0.29, 0.717) is 45.9 Å². The van der Waals surface area contributed by atoms with Crippen LogP contribution in [0.5, 0.6) is 5.75 Å². The number of benzene rings is 3. The molecule has 0 spiro atoms. The normalized spacial score (nSPS) is 17.3. The van der Waals surface area contributed by atoms with Crippen LogP contribution in [0.3, 0.4) is 0 Å². The minimum absolute atomic E-state index is 0.102. The van der Waals surface area contributed by atoms with Crippen molar-refractivity contribution in [2.45, 2.75) is 38.1 Å². The van der Waals surface area contributed by atoms with Gasteiger partial charge >= 0.3 is 6.09 Å². The molecule has 1 fully saturated rings. The quantitative estimate of drug-likeness (QED) is 0.232. The van der Waals surface area contributed by atoms with E-state index in [4.69, 9.17) is 14.2 Å². The maximum Gasteiger partial charge on any atom is 0.407 e. The first kappa shape index (κ1) is 26.7. The van der Waals surface area contributed by atoms with E-state index >= 15 is 0 Å². The van der Waals surface area contributed by atoms with Crippen LogP contribution in [-0.2, 0) is 22.7 Å². The summed E-state index contributed by atoms with van der Waals surface area (Å²) >= 11 is 0. The summed E-state index contributed by atoms with van der Waals surface area (Å²) in [5.74, 6) is 0.915. The molecule has 2 atom stereocenters. The molecule has 0 saturated carbocycles. The summed E-state index contributed by atoms with van der Waals surface area (Å²) in [5.41, 5.74) is 3.35. The van der Waals surface area contributed by atoms with Crippen LogP contribution in [-0.4, -0.2) is 53.5 Å². The van der Waals surface area contributed by atoms with E-state index in [2.05, 4.69) is 35.3 Å². The van der Waals surface area contributed by atoms with Crippen LogP contribution in [0.2, 0.25) is 0 Å². The summed E-state index contributed by atoms with van der Waals surface area (Å²) in [4.78, 5) is 17.3. The average molecular weight is 527 g/mol. The van der Waals surface area contributed by atoms with Crippen molar-refractivity contribution < 1.29 is 24.1 Å². The molecule has 1 N–H and O–H groups in total. The number of likely N-dealkylation sites (tertiary alicyclic amines) is 1. The third-order valence-electron chi connectivity index (χ3n) is 7.12. The molecule has 7 heteroatoms. The molecule has 7 nitrogen and oxygen atoms in total. The smallest absolute Gasteiger partial charge is 0.407 e. The molecule has 4 aromatic rings. The Bertz CT molecular complexity index is 1350. The van der Waals surface area contributed by atoms with Crippen LogP contribution >= 0.6 is 0 Å². The molecule has 1 amide bonds. The van der Waals surface area contributed by atoms with Crippen LogP contribution < -0.4 is 4.74 Å². The van der Waals surface area contributed by atoms with Gasteiger partial charge in [0, 0.05) is 36.7 Å². The van der Waals surface area contributed by atoms with Crippen LogP contribution in [0.15, 0.2) is 91.3 Å². The zero-order valence-corrected chi connectivity index (χ0v) is 21.9. The summed E-state index contributed by atoms with van der Waals surface area (Å²) in [6.07, 6.45) is 3.99. The number of hydrogen-bond acceptors (Lipinski definition) is 5. The number of aromatic nitrogens is 1. The van der Waals surface area contributed by atoms with Gasteiger partial charge in [-0.25, -0.2) is 4.79 Å². The van der Waals surface area contributed by atoms with Gasteiger partial charge in [-0.2, -0.15) is 0 Å². The lowest BCUT2D eigenvalue weighted by Crippen LogP contribution is -2.46. The van der Waals surface area contributed by atoms with Gasteiger partial charge in [-0.1, -0.05) is 54.6 Å². The highest BCUT2D eigenvalue weighted by molar-refractivity contribution is 5.81. The van der Waals surface area contributed by atoms with E-state index in [1.54, 1.807) is 6.20 Å². The highest BCUT2D eigenvalue weighted by Gasteiger charge is 2.33. The molecule has 1 aliphatic heterocycles. The highest BCUT2D eigenvalue weighted by atomic mass is 16.5. The van der Waals surface area contributed by atoms with Gasteiger partial charge in [-0.15, -0.1) is 0 Å². The largest absolute Gasteiger partial charge is 0.494 e. The number of carbonyl (C=O) groups is 1. The Morgan fingerprint density at radius 2 is 1.77 bits per heavy atom. The van der Waals surface area contributed by atoms with Gasteiger partial charge in [0.05, 0.1) is 39.1 Å². The number of fused-ring (bicyclic) bond motifs is 1. The summed E-state index contributed by atoms with van der Waals surface area (Å²) in [7, 11) is 0. The lowest BCUT2D eigenvalue weighted by molar-refractivity contribution is -0.0199. The Morgan fingerprint density at radius 3 is 2.59 bits per heavy atom. The number of rotatable bonds is 11. The highest BCUT2D eigenvalue weighted by Crippen LogP contribution is 2.32. The van der Waals surface area contributed by atoms with Gasteiger partial charge in [0.25, 0.3) is 0 Å². The number of piperidine rings is 1. The number of amides is 1. The second-order valence-corrected chi connectivity index (χ2v) is 9.84. The zero-order valence-electron chi connectivity index (χ0n) is 21.9. The second-order valence-electron chi connectivity index (χ2n) is 9.84. The van der Waals surface area contributed by atoms with Crippen molar-refractivity contribution in [3.05, 3.63) is 108 Å². The van der Waals surface area contributed by atoms with Gasteiger partial charge < -0.3 is 24.2 Å². The van der Waals surface area contributed by atoms with Crippen molar-refractivity contribution in [3.8, 4) is 5.75 Å². The fourth-order valence-corrected chi connectivity index (χ4v) is 4.99. The predicted octanol–water partition coefficient (Wildman–Crippen LogP) is 6.27. The number of nitrogens with zero attached hydrogens (tertiary/aromatic N) is 2. The third-order valence-corrected chi connectivity index (χ3v) is 7.12. The van der Waals surface area contributed by atoms with Crippen LogP contribution in [0.25, 0.3) is 10.8 Å². The molecule has 0 radical (unpaired) electrons. The summed E-state index contributed by atoms with van der Waals surface area (Å²) in [6.45, 7) is 3.09. The average Bonchev–Trinajstić information content (AvgIpc) is 2.98. The Morgan fingerprint density at radius 1 is 0.923 bits per heavy atom. The Balaban J connectivity index is 1.14. The standard InChI is InChI=1S/C32H34N2O5/c35-32(36)34-16-14-30(31(21-34)39-23-25-7-8-28-20-33-15-13-27(28)19-25)26-9-11-29(12-10-26)38-18-4-17-37-22-24-5-2-1-3-6-24/h1-3,5-13,15,19-20,30-31H,4,14,16-18,21-23H2,(H,35,36). The Labute approximate surface area is 229 Å². The van der Waals surface area contributed by atoms with Gasteiger partial charge in [0.2, 0.25) is 0 Å². The minimum atomic E-state index is -0.906. The topological polar surface area (TPSA) is 81.1 Å². The molecule has 39 heavy (non-hydrogen) atoms. The van der Waals surface area contributed by atoms with Crippen molar-refractivity contribution in [1.82, 2.24) is 9.88 Å². The molecule has 2 unspecified atom stereocenters. The van der Waals surface area contributed by atoms with Crippen molar-refractivity contribution in [1.29, 1.82) is 0 Å². The van der Waals surface area contributed by atoms with Gasteiger partial charge in [-0.05, 0) is 52.8 Å². The molecule has 0 bridgehead atoms. The lowest BCUT2D eigenvalue weighted by atomic mass is 9.87. The molecule has 2 heterocycles. The van der Waals surface area contributed by atoms with Gasteiger partial charge in [-0.3, -0.25) is 4.98 Å². The summed E-state index contributed by atoms with van der Waals surface area (Å²) in [6, 6.07) is 26.4. The van der Waals surface area contributed by atoms with E-state index in [-0.39, 0.29) is 12.0 Å². The maximum absolute atomic E-state index is 11.7. The maximum atomic E-state index is 11.7. The van der Waals surface area contributed by atoms with Crippen LogP contribution in [0.1, 0.15) is 35.4 Å². The molecule has 202 valence electrons. The van der Waals surface area contributed by atoms with E-state index < -0.39 is 6.09 Å². The van der Waals surface area contributed by atoms with Crippen molar-refractivity contribution >= 4 is 16.9 Å². The summed E-state index contributed by atoms with van der Waals surface area (Å²) in [5, 5.41) is 11.8. The molecule has 3 aromatic carbocycles. The number of hydrogen-bond donors (Lipinski definition) is 1. The SMILES string of the molecule is O=C(O)N1CCC(c2ccc(OCCCOCc3ccccc3)cc2)C(OCc2ccc3cnccc3c2)C1. The third kappa shape index (κ3) is 7.34. The van der Waals surface area contributed by atoms with Crippen LogP contribution in [0, 0.1) is 0 Å². The molecule has 1 aromatic heterocycles. The second kappa shape index (κ2) is 13.2. The number of pyridine rings is 1. The number of carboxylic acid groups (broad SMARTS) is 1. The molecule has 5 rings (SSSR count). The van der Waals surface area contributed by atoms with E-state index in [9.17, 15) is 9.90 Å².